The van der Waals surface area contributed by atoms with E-state index in [1.54, 1.807) is 12.3 Å². The molecule has 0 spiro atoms. The van der Waals surface area contributed by atoms with Crippen LogP contribution in [0.4, 0.5) is 0 Å². The van der Waals surface area contributed by atoms with Crippen molar-refractivity contribution in [2.45, 2.75) is 141 Å². The fraction of sp³-hybridized carbons (Fsp3) is 0.571. The van der Waals surface area contributed by atoms with Crippen molar-refractivity contribution < 1.29 is 14.0 Å². The summed E-state index contributed by atoms with van der Waals surface area (Å²) in [5, 5.41) is 8.39. The summed E-state index contributed by atoms with van der Waals surface area (Å²) in [4.78, 5) is 26.6. The number of hydrogen-bond acceptors (Lipinski definition) is 3. The van der Waals surface area contributed by atoms with Crippen LogP contribution >= 0.6 is 0 Å². The Bertz CT molecular complexity index is 1240. The van der Waals surface area contributed by atoms with E-state index in [-0.39, 0.29) is 16.9 Å². The van der Waals surface area contributed by atoms with Crippen molar-refractivity contribution in [2.75, 3.05) is 6.61 Å². The van der Waals surface area contributed by atoms with Gasteiger partial charge in [0.05, 0.1) is 0 Å². The number of amides is 2. The van der Waals surface area contributed by atoms with Crippen LogP contribution in [0.15, 0.2) is 83.1 Å². The normalized spacial score (nSPS) is 13.6. The minimum absolute atomic E-state index is 0.0920. The average Bonchev–Trinajstić information content (AvgIpc) is 3.07. The first-order chi connectivity index (χ1) is 23.3. The van der Waals surface area contributed by atoms with Gasteiger partial charge in [-0.25, -0.2) is 0 Å². The van der Waals surface area contributed by atoms with Gasteiger partial charge in [0, 0.05) is 0 Å². The van der Waals surface area contributed by atoms with Crippen molar-refractivity contribution in [1.82, 2.24) is 10.6 Å². The second-order valence-electron chi connectivity index (χ2n) is 15.6. The molecule has 2 aromatic carbocycles. The Morgan fingerprint density at radius 3 is 1.71 bits per heavy atom. The van der Waals surface area contributed by atoms with Gasteiger partial charge in [-0.3, -0.25) is 0 Å². The number of unbranched alkanes of at least 4 members (excludes halogenated alkanes) is 3. The predicted octanol–water partition coefficient (Wildman–Crippen LogP) is 9.06. The van der Waals surface area contributed by atoms with Crippen molar-refractivity contribution in [2.24, 2.45) is 5.41 Å². The van der Waals surface area contributed by atoms with E-state index >= 15 is 0 Å². The topological polar surface area (TPSA) is 67.4 Å². The predicted molar refractivity (Wildman–Crippen MR) is 213 cm³/mol. The fourth-order valence-electron chi connectivity index (χ4n) is 6.65. The summed E-state index contributed by atoms with van der Waals surface area (Å²) in [7, 11) is -2.61. The van der Waals surface area contributed by atoms with E-state index in [1.165, 1.54) is 68.2 Å². The van der Waals surface area contributed by atoms with Gasteiger partial charge in [-0.05, 0) is 15.4 Å². The van der Waals surface area contributed by atoms with Gasteiger partial charge in [0.1, 0.15) is 0 Å². The number of benzene rings is 2. The molecule has 2 amide bonds. The Morgan fingerprint density at radius 1 is 0.796 bits per heavy atom. The molecule has 0 aromatic heterocycles. The Balaban J connectivity index is 2.08. The third-order valence-corrected chi connectivity index (χ3v) is 19.3. The van der Waals surface area contributed by atoms with Crippen LogP contribution in [-0.4, -0.2) is 53.9 Å². The second kappa shape index (κ2) is 21.3. The molecule has 2 aromatic rings. The van der Waals surface area contributed by atoms with Crippen LogP contribution in [0.5, 0.6) is 0 Å². The van der Waals surface area contributed by atoms with Gasteiger partial charge in [0.2, 0.25) is 0 Å². The third kappa shape index (κ3) is 13.5. The summed E-state index contributed by atoms with van der Waals surface area (Å²) in [6.07, 6.45) is 17.3. The molecule has 0 aliphatic carbocycles. The van der Waals surface area contributed by atoms with Crippen molar-refractivity contribution in [3.63, 3.8) is 0 Å². The summed E-state index contributed by atoms with van der Waals surface area (Å²) < 4.78 is 9.62. The minimum atomic E-state index is -2.61. The summed E-state index contributed by atoms with van der Waals surface area (Å²) in [6, 6.07) is 20.6. The van der Waals surface area contributed by atoms with Crippen molar-refractivity contribution >= 4 is 51.6 Å². The molecule has 49 heavy (non-hydrogen) atoms. The molecular weight excluding hydrogens is 727 g/mol. The van der Waals surface area contributed by atoms with Crippen LogP contribution in [-0.2, 0) is 14.0 Å². The molecule has 0 bridgehead atoms. The van der Waals surface area contributed by atoms with Gasteiger partial charge < -0.3 is 0 Å². The second-order valence-corrected chi connectivity index (χ2v) is 24.7. The zero-order valence-electron chi connectivity index (χ0n) is 32.2. The van der Waals surface area contributed by atoms with E-state index in [0.717, 1.165) is 0 Å². The zero-order valence-corrected chi connectivity index (χ0v) is 36.0. The first-order valence-electron chi connectivity index (χ1n) is 18.7. The van der Waals surface area contributed by atoms with Crippen molar-refractivity contribution in [3.05, 3.63) is 83.1 Å². The van der Waals surface area contributed by atoms with Crippen LogP contribution in [0, 0.1) is 5.41 Å². The molecule has 270 valence electrons. The van der Waals surface area contributed by atoms with Gasteiger partial charge >= 0.3 is 207 Å². The molecular formula is C42H66N2O3SiSn. The number of carbonyl (C=O) groups excluding carboxylic acids is 2. The maximum absolute atomic E-state index is 13.4. The van der Waals surface area contributed by atoms with E-state index in [4.69, 9.17) is 4.43 Å². The Hall–Kier alpha value is -2.16. The summed E-state index contributed by atoms with van der Waals surface area (Å²) >= 11 is -0.951. The third-order valence-electron chi connectivity index (χ3n) is 9.43. The van der Waals surface area contributed by atoms with E-state index in [2.05, 4.69) is 117 Å². The molecule has 0 aliphatic rings. The number of carbonyl (C=O) groups is 2. The molecule has 7 heteroatoms. The first-order valence-corrected chi connectivity index (χ1v) is 23.7. The van der Waals surface area contributed by atoms with Gasteiger partial charge in [-0.2, -0.15) is 0 Å². The molecule has 2 rings (SSSR count). The first kappa shape index (κ1) is 43.0. The molecule has 0 heterocycles. The standard InChI is InChI=1S/C29H39N2O3Si.C13H27.Sn/c1-8-25(32)31-26(28(2,3)4)27(33)30-21-15-16-22-34-35(29(5,6)7,23-17-11-9-12-18-23)24-19-13-10-14-20-24;1-4-7-10-13(11-8-5-2)12-9-6-3;/h1,8-15,17-21,26H,16,22H2,2-7H3,(H,30,33)(H,31,32);4-12H2,1-3H3;/b8-1?,21-15-;;/t26-;;/m1../s1. The molecule has 5 nitrogen and oxygen atoms in total. The Labute approximate surface area is 310 Å². The number of rotatable bonds is 21. The molecule has 0 fully saturated rings. The van der Waals surface area contributed by atoms with Crippen molar-refractivity contribution in [1.29, 1.82) is 0 Å². The number of hydrogen-bond donors (Lipinski definition) is 2. The fourth-order valence-corrected chi connectivity index (χ4v) is 15.7. The van der Waals surface area contributed by atoms with Crippen LogP contribution in [0.25, 0.3) is 0 Å². The molecule has 2 N–H and O–H groups in total. The van der Waals surface area contributed by atoms with E-state index in [9.17, 15) is 9.59 Å². The van der Waals surface area contributed by atoms with E-state index in [1.807, 2.05) is 26.8 Å². The van der Waals surface area contributed by atoms with Gasteiger partial charge in [0.15, 0.2) is 0 Å². The average molecular weight is 794 g/mol. The summed E-state index contributed by atoms with van der Waals surface area (Å²) in [5.74, 6) is -0.379. The van der Waals surface area contributed by atoms with Gasteiger partial charge in [0.25, 0.3) is 8.32 Å². The summed E-state index contributed by atoms with van der Waals surface area (Å²) in [5.41, 5.74) is -0.444. The van der Waals surface area contributed by atoms with Crippen LogP contribution in [0.2, 0.25) is 8.47 Å². The van der Waals surface area contributed by atoms with Crippen LogP contribution < -0.4 is 21.0 Å². The monoisotopic (exact) mass is 794 g/mol. The molecule has 1 atom stereocenters. The van der Waals surface area contributed by atoms with Crippen LogP contribution in [0.1, 0.15) is 127 Å². The zero-order chi connectivity index (χ0) is 36.4. The molecule has 2 radical (unpaired) electrons. The SMILES string of the molecule is CCCC[C](CCCC)(CCCC)[Sn]/[CH]=C\C(=O)N[C@H](C(=O)N/C=C\CCO[Si](c1ccccc1)(c1ccccc1)C(C)(C)C)C(C)(C)C. The Kier molecular flexibility index (Phi) is 18.7. The van der Waals surface area contributed by atoms with Gasteiger partial charge in [-0.1, -0.05) is 81.4 Å². The molecule has 0 saturated heterocycles. The van der Waals surface area contributed by atoms with E-state index in [0.29, 0.717) is 16.5 Å². The number of nitrogens with one attached hydrogen (secondary N) is 2. The van der Waals surface area contributed by atoms with Crippen LogP contribution in [0.3, 0.4) is 0 Å². The molecule has 0 aliphatic heterocycles. The maximum atomic E-state index is 13.4. The Morgan fingerprint density at radius 2 is 1.29 bits per heavy atom. The van der Waals surface area contributed by atoms with Crippen molar-refractivity contribution in [3.8, 4) is 0 Å². The molecule has 0 saturated carbocycles. The van der Waals surface area contributed by atoms with E-state index < -0.39 is 40.9 Å². The van der Waals surface area contributed by atoms with Gasteiger partial charge in [-0.15, -0.1) is 0 Å². The molecule has 0 unspecified atom stereocenters. The quantitative estimate of drug-likeness (QED) is 0.0754. The summed E-state index contributed by atoms with van der Waals surface area (Å²) in [6.45, 7) is 20.1.